The minimum absolute atomic E-state index is 0.195. The van der Waals surface area contributed by atoms with Crippen molar-refractivity contribution in [3.8, 4) is 0 Å². The largest absolute Gasteiger partial charge is 0.478 e. The Hall–Kier alpha value is -1.29. The zero-order valence-corrected chi connectivity index (χ0v) is 7.73. The average Bonchev–Trinajstić information content (AvgIpc) is 2.82. The van der Waals surface area contributed by atoms with Gasteiger partial charge in [-0.2, -0.15) is 0 Å². The zero-order chi connectivity index (χ0) is 9.97. The van der Waals surface area contributed by atoms with Crippen LogP contribution in [0.1, 0.15) is 29.0 Å². The van der Waals surface area contributed by atoms with Crippen molar-refractivity contribution in [2.75, 3.05) is 6.61 Å². The van der Waals surface area contributed by atoms with Crippen molar-refractivity contribution >= 4 is 5.97 Å². The lowest BCUT2D eigenvalue weighted by molar-refractivity contribution is 0.0675. The molecule has 1 aromatic heterocycles. The third-order valence-electron chi connectivity index (χ3n) is 2.26. The van der Waals surface area contributed by atoms with Crippen molar-refractivity contribution in [2.45, 2.75) is 19.4 Å². The molecule has 0 unspecified atom stereocenters. The number of rotatable bonds is 5. The minimum Gasteiger partial charge on any atom is -0.478 e. The van der Waals surface area contributed by atoms with Crippen LogP contribution >= 0.6 is 0 Å². The van der Waals surface area contributed by atoms with Gasteiger partial charge >= 0.3 is 5.97 Å². The number of aromatic carboxylic acids is 1. The summed E-state index contributed by atoms with van der Waals surface area (Å²) in [5.41, 5.74) is 0.195. The molecule has 0 saturated heterocycles. The van der Waals surface area contributed by atoms with Crippen LogP contribution in [0.15, 0.2) is 16.7 Å². The monoisotopic (exact) mass is 196 g/mol. The van der Waals surface area contributed by atoms with Crippen LogP contribution in [-0.4, -0.2) is 17.7 Å². The summed E-state index contributed by atoms with van der Waals surface area (Å²) in [5.74, 6) is 0.111. The van der Waals surface area contributed by atoms with E-state index in [-0.39, 0.29) is 12.2 Å². The molecule has 0 atom stereocenters. The molecule has 4 nitrogen and oxygen atoms in total. The van der Waals surface area contributed by atoms with Crippen molar-refractivity contribution < 1.29 is 19.1 Å². The van der Waals surface area contributed by atoms with E-state index in [0.29, 0.717) is 18.3 Å². The van der Waals surface area contributed by atoms with Gasteiger partial charge in [0, 0.05) is 6.61 Å². The van der Waals surface area contributed by atoms with E-state index in [2.05, 4.69) is 0 Å². The highest BCUT2D eigenvalue weighted by Gasteiger charge is 2.22. The van der Waals surface area contributed by atoms with Gasteiger partial charge in [-0.05, 0) is 24.8 Å². The quantitative estimate of drug-likeness (QED) is 0.781. The number of ether oxygens (including phenoxy) is 1. The van der Waals surface area contributed by atoms with Crippen LogP contribution in [0.4, 0.5) is 0 Å². The maximum Gasteiger partial charge on any atom is 0.339 e. The van der Waals surface area contributed by atoms with Crippen molar-refractivity contribution in [2.24, 2.45) is 5.92 Å². The summed E-state index contributed by atoms with van der Waals surface area (Å²) in [5, 5.41) is 8.76. The molecular weight excluding hydrogens is 184 g/mol. The first-order valence-electron chi connectivity index (χ1n) is 4.65. The van der Waals surface area contributed by atoms with Crippen LogP contribution in [0, 0.1) is 5.92 Å². The van der Waals surface area contributed by atoms with Crippen LogP contribution in [0.2, 0.25) is 0 Å². The number of hydrogen-bond acceptors (Lipinski definition) is 3. The standard InChI is InChI=1S/C10H12O4/c11-10(12)8-3-4-14-9(8)6-13-5-7-1-2-7/h3-4,7H,1-2,5-6H2,(H,11,12). The molecule has 0 aromatic carbocycles. The molecule has 1 heterocycles. The lowest BCUT2D eigenvalue weighted by Gasteiger charge is -2.00. The summed E-state index contributed by atoms with van der Waals surface area (Å²) in [6, 6.07) is 1.44. The molecule has 14 heavy (non-hydrogen) atoms. The van der Waals surface area contributed by atoms with Crippen LogP contribution in [0.3, 0.4) is 0 Å². The Morgan fingerprint density at radius 1 is 1.64 bits per heavy atom. The molecule has 1 aliphatic carbocycles. The second-order valence-electron chi connectivity index (χ2n) is 3.52. The molecule has 0 bridgehead atoms. The molecule has 0 aliphatic heterocycles. The molecule has 1 aliphatic rings. The van der Waals surface area contributed by atoms with Gasteiger partial charge < -0.3 is 14.3 Å². The third kappa shape index (κ3) is 2.14. The van der Waals surface area contributed by atoms with E-state index in [9.17, 15) is 4.79 Å². The van der Waals surface area contributed by atoms with Crippen LogP contribution in [0.5, 0.6) is 0 Å². The molecule has 4 heteroatoms. The first-order valence-corrected chi connectivity index (χ1v) is 4.65. The van der Waals surface area contributed by atoms with Crippen LogP contribution in [-0.2, 0) is 11.3 Å². The summed E-state index contributed by atoms with van der Waals surface area (Å²) >= 11 is 0. The van der Waals surface area contributed by atoms with Crippen molar-refractivity contribution in [3.63, 3.8) is 0 Å². The fraction of sp³-hybridized carbons (Fsp3) is 0.500. The third-order valence-corrected chi connectivity index (χ3v) is 2.26. The fourth-order valence-corrected chi connectivity index (χ4v) is 1.25. The lowest BCUT2D eigenvalue weighted by Crippen LogP contribution is -2.02. The minimum atomic E-state index is -0.969. The highest BCUT2D eigenvalue weighted by Crippen LogP contribution is 2.29. The van der Waals surface area contributed by atoms with Gasteiger partial charge in [0.25, 0.3) is 0 Å². The lowest BCUT2D eigenvalue weighted by atomic mass is 10.2. The molecule has 1 saturated carbocycles. The van der Waals surface area contributed by atoms with Gasteiger partial charge in [0.2, 0.25) is 0 Å². The molecule has 1 aromatic rings. The summed E-state index contributed by atoms with van der Waals surface area (Å²) in [6.07, 6.45) is 3.83. The Labute approximate surface area is 81.5 Å². The average molecular weight is 196 g/mol. The summed E-state index contributed by atoms with van der Waals surface area (Å²) < 4.78 is 10.4. The smallest absolute Gasteiger partial charge is 0.339 e. The highest BCUT2D eigenvalue weighted by atomic mass is 16.5. The Kier molecular flexibility index (Phi) is 2.54. The van der Waals surface area contributed by atoms with Crippen LogP contribution < -0.4 is 0 Å². The Balaban J connectivity index is 1.87. The predicted molar refractivity (Wildman–Crippen MR) is 48.0 cm³/mol. The first-order chi connectivity index (χ1) is 6.77. The highest BCUT2D eigenvalue weighted by molar-refractivity contribution is 5.88. The van der Waals surface area contributed by atoms with Gasteiger partial charge in [0.15, 0.2) is 0 Å². The molecule has 0 radical (unpaired) electrons. The second-order valence-corrected chi connectivity index (χ2v) is 3.52. The van der Waals surface area contributed by atoms with Gasteiger partial charge in [0.05, 0.1) is 6.26 Å². The van der Waals surface area contributed by atoms with E-state index in [4.69, 9.17) is 14.3 Å². The maximum atomic E-state index is 10.7. The second kappa shape index (κ2) is 3.84. The zero-order valence-electron chi connectivity index (χ0n) is 7.73. The first kappa shape index (κ1) is 9.27. The van der Waals surface area contributed by atoms with Gasteiger partial charge in [-0.1, -0.05) is 0 Å². The number of furan rings is 1. The normalized spacial score (nSPS) is 15.7. The Bertz CT molecular complexity index is 325. The number of carboxylic acids is 1. The summed E-state index contributed by atoms with van der Waals surface area (Å²) in [7, 11) is 0. The van der Waals surface area contributed by atoms with Crippen molar-refractivity contribution in [3.05, 3.63) is 23.7 Å². The predicted octanol–water partition coefficient (Wildman–Crippen LogP) is 1.90. The SMILES string of the molecule is O=C(O)c1ccoc1COCC1CC1. The Morgan fingerprint density at radius 2 is 2.43 bits per heavy atom. The van der Waals surface area contributed by atoms with E-state index in [1.165, 1.54) is 25.2 Å². The Morgan fingerprint density at radius 3 is 3.07 bits per heavy atom. The molecule has 0 spiro atoms. The molecule has 0 amide bonds. The van der Waals surface area contributed by atoms with Gasteiger partial charge in [-0.15, -0.1) is 0 Å². The molecular formula is C10H12O4. The fourth-order valence-electron chi connectivity index (χ4n) is 1.25. The van der Waals surface area contributed by atoms with Crippen LogP contribution in [0.25, 0.3) is 0 Å². The molecule has 76 valence electrons. The molecule has 1 fully saturated rings. The molecule has 1 N–H and O–H groups in total. The number of carbonyl (C=O) groups is 1. The molecule has 2 rings (SSSR count). The van der Waals surface area contributed by atoms with Gasteiger partial charge in [-0.25, -0.2) is 4.79 Å². The maximum absolute atomic E-state index is 10.7. The topological polar surface area (TPSA) is 59.7 Å². The van der Waals surface area contributed by atoms with Crippen molar-refractivity contribution in [1.29, 1.82) is 0 Å². The summed E-state index contributed by atoms with van der Waals surface area (Å²) in [6.45, 7) is 0.963. The van der Waals surface area contributed by atoms with E-state index in [1.54, 1.807) is 0 Å². The number of hydrogen-bond donors (Lipinski definition) is 1. The van der Waals surface area contributed by atoms with Gasteiger partial charge in [-0.3, -0.25) is 0 Å². The van der Waals surface area contributed by atoms with E-state index >= 15 is 0 Å². The van der Waals surface area contributed by atoms with E-state index in [1.807, 2.05) is 0 Å². The summed E-state index contributed by atoms with van der Waals surface area (Å²) in [4.78, 5) is 10.7. The van der Waals surface area contributed by atoms with E-state index in [0.717, 1.165) is 0 Å². The van der Waals surface area contributed by atoms with Crippen molar-refractivity contribution in [1.82, 2.24) is 0 Å². The number of carboxylic acid groups (broad SMARTS) is 1. The van der Waals surface area contributed by atoms with E-state index < -0.39 is 5.97 Å². The van der Waals surface area contributed by atoms with Gasteiger partial charge in [0.1, 0.15) is 17.9 Å².